The molecule has 2 aromatic carbocycles. The van der Waals surface area contributed by atoms with Gasteiger partial charge in [0.2, 0.25) is 0 Å². The van der Waals surface area contributed by atoms with Crippen molar-refractivity contribution in [3.05, 3.63) is 57.6 Å². The maximum Gasteiger partial charge on any atom is 0.262 e. The Labute approximate surface area is 136 Å². The Kier molecular flexibility index (Phi) is 5.09. The quantitative estimate of drug-likeness (QED) is 0.895. The molecule has 0 aliphatic carbocycles. The van der Waals surface area contributed by atoms with Gasteiger partial charge in [-0.05, 0) is 68.1 Å². The van der Waals surface area contributed by atoms with E-state index in [1.165, 1.54) is 0 Å². The summed E-state index contributed by atoms with van der Waals surface area (Å²) in [5.41, 5.74) is 4.96. The van der Waals surface area contributed by atoms with Gasteiger partial charge < -0.3 is 10.1 Å². The van der Waals surface area contributed by atoms with Crippen molar-refractivity contribution in [3.63, 3.8) is 0 Å². The number of hydrogen-bond acceptors (Lipinski definition) is 2. The second kappa shape index (κ2) is 6.84. The molecule has 2 rings (SSSR count). The van der Waals surface area contributed by atoms with E-state index >= 15 is 0 Å². The smallest absolute Gasteiger partial charge is 0.262 e. The molecule has 0 saturated heterocycles. The highest BCUT2D eigenvalue weighted by Crippen LogP contribution is 2.23. The van der Waals surface area contributed by atoms with Crippen LogP contribution in [-0.2, 0) is 4.79 Å². The monoisotopic (exact) mass is 317 g/mol. The molecule has 4 heteroatoms. The van der Waals surface area contributed by atoms with Crippen molar-refractivity contribution in [1.82, 2.24) is 0 Å². The maximum absolute atomic E-state index is 12.0. The zero-order valence-electron chi connectivity index (χ0n) is 13.3. The predicted octanol–water partition coefficient (Wildman–Crippen LogP) is 4.59. The molecule has 116 valence electrons. The molecule has 0 spiro atoms. The summed E-state index contributed by atoms with van der Waals surface area (Å²) in [6, 6.07) is 9.46. The Balaban J connectivity index is 2.00. The topological polar surface area (TPSA) is 38.3 Å². The fourth-order valence-electron chi connectivity index (χ4n) is 2.16. The molecule has 0 bridgehead atoms. The van der Waals surface area contributed by atoms with Crippen LogP contribution in [0.5, 0.6) is 5.75 Å². The Bertz CT molecular complexity index is 710. The molecule has 0 radical (unpaired) electrons. The molecule has 3 nitrogen and oxygen atoms in total. The minimum absolute atomic E-state index is 0.0325. The average molecular weight is 318 g/mol. The van der Waals surface area contributed by atoms with Crippen LogP contribution in [0.1, 0.15) is 22.3 Å². The number of carbonyl (C=O) groups is 1. The van der Waals surface area contributed by atoms with Gasteiger partial charge in [0.25, 0.3) is 5.91 Å². The van der Waals surface area contributed by atoms with Crippen LogP contribution in [0.4, 0.5) is 5.69 Å². The van der Waals surface area contributed by atoms with E-state index in [1.807, 2.05) is 45.9 Å². The lowest BCUT2D eigenvalue weighted by Crippen LogP contribution is -2.20. The van der Waals surface area contributed by atoms with Crippen LogP contribution in [0.15, 0.2) is 30.3 Å². The van der Waals surface area contributed by atoms with Gasteiger partial charge in [-0.1, -0.05) is 23.7 Å². The van der Waals surface area contributed by atoms with Crippen LogP contribution in [0, 0.1) is 27.7 Å². The lowest BCUT2D eigenvalue weighted by molar-refractivity contribution is -0.118. The van der Waals surface area contributed by atoms with E-state index in [9.17, 15) is 4.79 Å². The normalized spacial score (nSPS) is 10.4. The minimum Gasteiger partial charge on any atom is -0.483 e. The van der Waals surface area contributed by atoms with Crippen molar-refractivity contribution in [1.29, 1.82) is 0 Å². The van der Waals surface area contributed by atoms with Gasteiger partial charge in [-0.15, -0.1) is 0 Å². The number of amides is 1. The van der Waals surface area contributed by atoms with Crippen LogP contribution >= 0.6 is 11.6 Å². The standard InChI is InChI=1S/C18H20ClNO2/c1-11-7-13(3)14(4)17(8-11)22-10-18(21)20-15-6-5-12(2)16(19)9-15/h5-9H,10H2,1-4H3,(H,20,21). The van der Waals surface area contributed by atoms with Crippen LogP contribution in [-0.4, -0.2) is 12.5 Å². The molecular formula is C18H20ClNO2. The van der Waals surface area contributed by atoms with E-state index in [-0.39, 0.29) is 12.5 Å². The lowest BCUT2D eigenvalue weighted by Gasteiger charge is -2.12. The number of benzene rings is 2. The number of nitrogens with one attached hydrogen (secondary N) is 1. The lowest BCUT2D eigenvalue weighted by atomic mass is 10.1. The van der Waals surface area contributed by atoms with E-state index in [0.717, 1.165) is 28.0 Å². The highest BCUT2D eigenvalue weighted by Gasteiger charge is 2.08. The Morgan fingerprint density at radius 3 is 2.50 bits per heavy atom. The van der Waals surface area contributed by atoms with E-state index in [2.05, 4.69) is 11.4 Å². The van der Waals surface area contributed by atoms with Gasteiger partial charge in [0.05, 0.1) is 0 Å². The number of halogens is 1. The van der Waals surface area contributed by atoms with Gasteiger partial charge in [0.1, 0.15) is 5.75 Å². The zero-order valence-corrected chi connectivity index (χ0v) is 14.0. The first-order chi connectivity index (χ1) is 10.4. The molecule has 0 saturated carbocycles. The molecule has 0 atom stereocenters. The summed E-state index contributed by atoms with van der Waals surface area (Å²) in [5.74, 6) is 0.535. The number of anilines is 1. The van der Waals surface area contributed by atoms with Crippen molar-refractivity contribution in [3.8, 4) is 5.75 Å². The van der Waals surface area contributed by atoms with Crippen molar-refractivity contribution in [2.75, 3.05) is 11.9 Å². The van der Waals surface area contributed by atoms with Gasteiger partial charge in [-0.25, -0.2) is 0 Å². The molecule has 2 aromatic rings. The molecule has 0 aliphatic rings. The fourth-order valence-corrected chi connectivity index (χ4v) is 2.34. The van der Waals surface area contributed by atoms with Gasteiger partial charge in [0.15, 0.2) is 6.61 Å². The second-order valence-electron chi connectivity index (χ2n) is 5.51. The largest absolute Gasteiger partial charge is 0.483 e. The number of ether oxygens (including phenoxy) is 1. The van der Waals surface area contributed by atoms with E-state index in [1.54, 1.807) is 6.07 Å². The Morgan fingerprint density at radius 2 is 1.82 bits per heavy atom. The van der Waals surface area contributed by atoms with Crippen molar-refractivity contribution in [2.24, 2.45) is 0 Å². The van der Waals surface area contributed by atoms with Crippen LogP contribution in [0.25, 0.3) is 0 Å². The first-order valence-electron chi connectivity index (χ1n) is 7.13. The molecular weight excluding hydrogens is 298 g/mol. The molecule has 1 N–H and O–H groups in total. The predicted molar refractivity (Wildman–Crippen MR) is 91.0 cm³/mol. The van der Waals surface area contributed by atoms with Gasteiger partial charge >= 0.3 is 0 Å². The highest BCUT2D eigenvalue weighted by molar-refractivity contribution is 6.31. The number of aryl methyl sites for hydroxylation is 3. The molecule has 0 aromatic heterocycles. The first-order valence-corrected chi connectivity index (χ1v) is 7.51. The molecule has 0 fully saturated rings. The molecule has 0 unspecified atom stereocenters. The minimum atomic E-state index is -0.210. The fraction of sp³-hybridized carbons (Fsp3) is 0.278. The zero-order chi connectivity index (χ0) is 16.3. The SMILES string of the molecule is Cc1cc(C)c(C)c(OCC(=O)Nc2ccc(C)c(Cl)c2)c1. The highest BCUT2D eigenvalue weighted by atomic mass is 35.5. The summed E-state index contributed by atoms with van der Waals surface area (Å²) < 4.78 is 5.64. The molecule has 0 heterocycles. The Hall–Kier alpha value is -2.00. The van der Waals surface area contributed by atoms with Gasteiger partial charge in [-0.3, -0.25) is 4.79 Å². The van der Waals surface area contributed by atoms with Gasteiger partial charge in [0, 0.05) is 10.7 Å². The third-order valence-corrected chi connectivity index (χ3v) is 3.99. The van der Waals surface area contributed by atoms with Gasteiger partial charge in [-0.2, -0.15) is 0 Å². The summed E-state index contributed by atoms with van der Waals surface area (Å²) in [7, 11) is 0. The number of rotatable bonds is 4. The summed E-state index contributed by atoms with van der Waals surface area (Å²) in [6.45, 7) is 7.91. The first kappa shape index (κ1) is 16.4. The second-order valence-corrected chi connectivity index (χ2v) is 5.91. The van der Waals surface area contributed by atoms with Crippen molar-refractivity contribution >= 4 is 23.2 Å². The summed E-state index contributed by atoms with van der Waals surface area (Å²) >= 11 is 6.04. The van der Waals surface area contributed by atoms with Crippen molar-refractivity contribution < 1.29 is 9.53 Å². The third-order valence-electron chi connectivity index (χ3n) is 3.58. The molecule has 1 amide bonds. The Morgan fingerprint density at radius 1 is 1.09 bits per heavy atom. The summed E-state index contributed by atoms with van der Waals surface area (Å²) in [6.07, 6.45) is 0. The molecule has 0 aliphatic heterocycles. The number of carbonyl (C=O) groups excluding carboxylic acids is 1. The van der Waals surface area contributed by atoms with Crippen LogP contribution in [0.3, 0.4) is 0 Å². The maximum atomic E-state index is 12.0. The summed E-state index contributed by atoms with van der Waals surface area (Å²) in [5, 5.41) is 3.41. The van der Waals surface area contributed by atoms with E-state index < -0.39 is 0 Å². The van der Waals surface area contributed by atoms with Crippen LogP contribution in [0.2, 0.25) is 5.02 Å². The summed E-state index contributed by atoms with van der Waals surface area (Å²) in [4.78, 5) is 12.0. The third kappa shape index (κ3) is 4.01. The van der Waals surface area contributed by atoms with E-state index in [0.29, 0.717) is 10.7 Å². The van der Waals surface area contributed by atoms with E-state index in [4.69, 9.17) is 16.3 Å². The van der Waals surface area contributed by atoms with Crippen LogP contribution < -0.4 is 10.1 Å². The van der Waals surface area contributed by atoms with Crippen molar-refractivity contribution in [2.45, 2.75) is 27.7 Å². The average Bonchev–Trinajstić information content (AvgIpc) is 2.45. The number of hydrogen-bond donors (Lipinski definition) is 1. The molecule has 22 heavy (non-hydrogen) atoms.